The molecule has 2 aromatic rings. The zero-order chi connectivity index (χ0) is 12.4. The van der Waals surface area contributed by atoms with Gasteiger partial charge in [-0.05, 0) is 23.3 Å². The Hall–Kier alpha value is -2.16. The lowest BCUT2D eigenvalue weighted by molar-refractivity contribution is 0.627. The Kier molecular flexibility index (Phi) is 2.81. The molecule has 0 bridgehead atoms. The lowest BCUT2D eigenvalue weighted by Gasteiger charge is -2.12. The number of hydrazone groups is 1. The monoisotopic (exact) mass is 240 g/mol. The van der Waals surface area contributed by atoms with Gasteiger partial charge in [0.1, 0.15) is 5.82 Å². The van der Waals surface area contributed by atoms with E-state index in [1.54, 1.807) is 12.1 Å². The molecular formula is C15H13FN2. The summed E-state index contributed by atoms with van der Waals surface area (Å²) >= 11 is 0. The van der Waals surface area contributed by atoms with Gasteiger partial charge in [0.15, 0.2) is 0 Å². The molecule has 1 unspecified atom stereocenters. The van der Waals surface area contributed by atoms with E-state index in [1.165, 1.54) is 17.7 Å². The van der Waals surface area contributed by atoms with Crippen LogP contribution < -0.4 is 5.43 Å². The average Bonchev–Trinajstić information content (AvgIpc) is 2.90. The van der Waals surface area contributed by atoms with Gasteiger partial charge in [0.25, 0.3) is 0 Å². The molecule has 0 saturated heterocycles. The molecule has 90 valence electrons. The molecule has 3 heteroatoms. The minimum Gasteiger partial charge on any atom is -0.309 e. The molecule has 1 atom stereocenters. The van der Waals surface area contributed by atoms with E-state index < -0.39 is 0 Å². The highest BCUT2D eigenvalue weighted by Crippen LogP contribution is 2.24. The Morgan fingerprint density at radius 2 is 1.72 bits per heavy atom. The van der Waals surface area contributed by atoms with Crippen molar-refractivity contribution < 1.29 is 4.39 Å². The number of halogens is 1. The van der Waals surface area contributed by atoms with Gasteiger partial charge < -0.3 is 5.43 Å². The number of nitrogens with one attached hydrogen (secondary N) is 1. The van der Waals surface area contributed by atoms with Crippen molar-refractivity contribution in [3.05, 3.63) is 71.5 Å². The van der Waals surface area contributed by atoms with Gasteiger partial charge in [0.2, 0.25) is 0 Å². The quantitative estimate of drug-likeness (QED) is 0.857. The van der Waals surface area contributed by atoms with Crippen LogP contribution in [0.3, 0.4) is 0 Å². The lowest BCUT2D eigenvalue weighted by Crippen LogP contribution is -2.14. The van der Waals surface area contributed by atoms with Gasteiger partial charge >= 0.3 is 0 Å². The normalized spacial score (nSPS) is 18.3. The maximum atomic E-state index is 12.9. The van der Waals surface area contributed by atoms with E-state index in [0.29, 0.717) is 0 Å². The zero-order valence-electron chi connectivity index (χ0n) is 9.81. The van der Waals surface area contributed by atoms with E-state index >= 15 is 0 Å². The Morgan fingerprint density at radius 1 is 1.00 bits per heavy atom. The van der Waals surface area contributed by atoms with Crippen LogP contribution in [0.5, 0.6) is 0 Å². The summed E-state index contributed by atoms with van der Waals surface area (Å²) in [5.74, 6) is 0.0122. The van der Waals surface area contributed by atoms with Crippen LogP contribution in [-0.4, -0.2) is 12.3 Å². The lowest BCUT2D eigenvalue weighted by atomic mass is 9.91. The summed E-state index contributed by atoms with van der Waals surface area (Å²) in [6.45, 7) is 0.788. The van der Waals surface area contributed by atoms with Crippen LogP contribution in [0, 0.1) is 5.82 Å². The number of benzene rings is 2. The fraction of sp³-hybridized carbons (Fsp3) is 0.133. The van der Waals surface area contributed by atoms with Crippen molar-refractivity contribution in [3.63, 3.8) is 0 Å². The second kappa shape index (κ2) is 4.61. The fourth-order valence-electron chi connectivity index (χ4n) is 2.24. The van der Waals surface area contributed by atoms with Gasteiger partial charge in [-0.25, -0.2) is 4.39 Å². The molecule has 1 aliphatic rings. The second-order valence-electron chi connectivity index (χ2n) is 4.33. The van der Waals surface area contributed by atoms with E-state index in [0.717, 1.165) is 17.8 Å². The molecule has 0 aliphatic carbocycles. The summed E-state index contributed by atoms with van der Waals surface area (Å²) in [5.41, 5.74) is 6.20. The fourth-order valence-corrected chi connectivity index (χ4v) is 2.24. The van der Waals surface area contributed by atoms with E-state index in [-0.39, 0.29) is 11.7 Å². The summed E-state index contributed by atoms with van der Waals surface area (Å²) in [6, 6.07) is 16.7. The van der Waals surface area contributed by atoms with Crippen LogP contribution in [0.2, 0.25) is 0 Å². The van der Waals surface area contributed by atoms with E-state index in [1.807, 2.05) is 18.2 Å². The maximum Gasteiger partial charge on any atom is 0.123 e. The third-order valence-corrected chi connectivity index (χ3v) is 3.17. The van der Waals surface area contributed by atoms with Crippen molar-refractivity contribution in [2.24, 2.45) is 5.10 Å². The van der Waals surface area contributed by atoms with Crippen LogP contribution in [-0.2, 0) is 0 Å². The van der Waals surface area contributed by atoms with Crippen LogP contribution in [0.4, 0.5) is 4.39 Å². The number of rotatable bonds is 2. The van der Waals surface area contributed by atoms with Crippen molar-refractivity contribution in [2.45, 2.75) is 5.92 Å². The first-order valence-corrected chi connectivity index (χ1v) is 5.96. The molecular weight excluding hydrogens is 227 g/mol. The van der Waals surface area contributed by atoms with Crippen molar-refractivity contribution >= 4 is 5.71 Å². The highest BCUT2D eigenvalue weighted by atomic mass is 19.1. The summed E-state index contributed by atoms with van der Waals surface area (Å²) in [6.07, 6.45) is 0. The molecule has 0 spiro atoms. The maximum absolute atomic E-state index is 12.9. The van der Waals surface area contributed by atoms with Gasteiger partial charge in [-0.3, -0.25) is 0 Å². The Bertz CT molecular complexity index is 561. The molecule has 1 aliphatic heterocycles. The second-order valence-corrected chi connectivity index (χ2v) is 4.33. The van der Waals surface area contributed by atoms with Crippen LogP contribution in [0.1, 0.15) is 17.0 Å². The Balaban J connectivity index is 1.94. The number of nitrogens with zero attached hydrogens (tertiary/aromatic N) is 1. The molecule has 0 fully saturated rings. The van der Waals surface area contributed by atoms with Gasteiger partial charge in [0, 0.05) is 12.5 Å². The minimum absolute atomic E-state index is 0.221. The first-order valence-electron chi connectivity index (χ1n) is 5.96. The average molecular weight is 240 g/mol. The Labute approximate surface area is 105 Å². The third-order valence-electron chi connectivity index (χ3n) is 3.17. The first kappa shape index (κ1) is 11.0. The molecule has 2 aromatic carbocycles. The molecule has 2 nitrogen and oxygen atoms in total. The van der Waals surface area contributed by atoms with Gasteiger partial charge in [0.05, 0.1) is 5.71 Å². The summed E-state index contributed by atoms with van der Waals surface area (Å²) in [7, 11) is 0. The van der Waals surface area contributed by atoms with E-state index in [4.69, 9.17) is 0 Å². The van der Waals surface area contributed by atoms with Crippen molar-refractivity contribution in [1.29, 1.82) is 0 Å². The highest BCUT2D eigenvalue weighted by Gasteiger charge is 2.24. The molecule has 3 rings (SSSR count). The Morgan fingerprint density at radius 3 is 2.44 bits per heavy atom. The molecule has 0 radical (unpaired) electrons. The highest BCUT2D eigenvalue weighted by molar-refractivity contribution is 6.06. The topological polar surface area (TPSA) is 24.4 Å². The number of hydrogen-bond donors (Lipinski definition) is 1. The van der Waals surface area contributed by atoms with E-state index in [2.05, 4.69) is 22.7 Å². The molecule has 0 aromatic heterocycles. The van der Waals surface area contributed by atoms with Crippen molar-refractivity contribution in [1.82, 2.24) is 5.43 Å². The van der Waals surface area contributed by atoms with Crippen molar-refractivity contribution in [3.8, 4) is 0 Å². The van der Waals surface area contributed by atoms with Gasteiger partial charge in [-0.15, -0.1) is 0 Å². The molecule has 1 heterocycles. The predicted molar refractivity (Wildman–Crippen MR) is 70.1 cm³/mol. The zero-order valence-corrected chi connectivity index (χ0v) is 9.81. The van der Waals surface area contributed by atoms with Gasteiger partial charge in [-0.2, -0.15) is 5.10 Å². The van der Waals surface area contributed by atoms with Crippen LogP contribution >= 0.6 is 0 Å². The molecule has 18 heavy (non-hydrogen) atoms. The van der Waals surface area contributed by atoms with Gasteiger partial charge in [-0.1, -0.05) is 42.5 Å². The molecule has 1 N–H and O–H groups in total. The minimum atomic E-state index is -0.221. The van der Waals surface area contributed by atoms with Crippen LogP contribution in [0.25, 0.3) is 0 Å². The third kappa shape index (κ3) is 1.99. The predicted octanol–water partition coefficient (Wildman–Crippen LogP) is 2.92. The molecule has 0 amide bonds. The SMILES string of the molecule is Fc1ccc(C2=NNCC2c2ccccc2)cc1. The number of hydrogen-bond acceptors (Lipinski definition) is 2. The summed E-state index contributed by atoms with van der Waals surface area (Å²) in [4.78, 5) is 0. The summed E-state index contributed by atoms with van der Waals surface area (Å²) < 4.78 is 12.9. The first-order chi connectivity index (χ1) is 8.84. The summed E-state index contributed by atoms with van der Waals surface area (Å²) in [5, 5.41) is 4.34. The van der Waals surface area contributed by atoms with E-state index in [9.17, 15) is 4.39 Å². The van der Waals surface area contributed by atoms with Crippen LogP contribution in [0.15, 0.2) is 59.7 Å². The largest absolute Gasteiger partial charge is 0.309 e. The molecule has 0 saturated carbocycles. The smallest absolute Gasteiger partial charge is 0.123 e. The standard InChI is InChI=1S/C15H13FN2/c16-13-8-6-12(7-9-13)15-14(10-17-18-15)11-4-2-1-3-5-11/h1-9,14,17H,10H2. The van der Waals surface area contributed by atoms with Crippen molar-refractivity contribution in [2.75, 3.05) is 6.54 Å².